The highest BCUT2D eigenvalue weighted by atomic mass is 16.5. The maximum Gasteiger partial charge on any atom is 0.127 e. The lowest BCUT2D eigenvalue weighted by atomic mass is 9.93. The minimum Gasteiger partial charge on any atom is -0.496 e. The van der Waals surface area contributed by atoms with E-state index < -0.39 is 0 Å². The first kappa shape index (κ1) is 14.6. The van der Waals surface area contributed by atoms with E-state index in [4.69, 9.17) is 4.74 Å². The number of methoxy groups -OCH3 is 1. The summed E-state index contributed by atoms with van der Waals surface area (Å²) in [5.41, 5.74) is 3.42. The van der Waals surface area contributed by atoms with Gasteiger partial charge in [-0.1, -0.05) is 66.7 Å². The minimum atomic E-state index is 0.889. The maximum absolute atomic E-state index is 5.69. The van der Waals surface area contributed by atoms with Crippen molar-refractivity contribution in [1.82, 2.24) is 0 Å². The highest BCUT2D eigenvalue weighted by molar-refractivity contribution is 6.08. The number of fused-ring (bicyclic) bond motifs is 2. The molecule has 0 atom stereocenters. The standard InChI is InChI=1S/C22H19NO/c1-23-22-18-10-6-4-8-16(18)11-13-19(22)21-17-9-5-3-7-15(17)12-14-20(21)24-2/h3-14,23H,1-2H3. The van der Waals surface area contributed by atoms with Crippen molar-refractivity contribution in [3.8, 4) is 16.9 Å². The normalized spacial score (nSPS) is 10.9. The fourth-order valence-corrected chi connectivity index (χ4v) is 3.45. The molecule has 2 nitrogen and oxygen atoms in total. The largest absolute Gasteiger partial charge is 0.496 e. The molecule has 4 aromatic carbocycles. The van der Waals surface area contributed by atoms with Crippen molar-refractivity contribution in [3.63, 3.8) is 0 Å². The Labute approximate surface area is 141 Å². The van der Waals surface area contributed by atoms with Crippen molar-refractivity contribution in [2.75, 3.05) is 19.5 Å². The predicted molar refractivity (Wildman–Crippen MR) is 103 cm³/mol. The van der Waals surface area contributed by atoms with Crippen molar-refractivity contribution in [1.29, 1.82) is 0 Å². The fourth-order valence-electron chi connectivity index (χ4n) is 3.45. The van der Waals surface area contributed by atoms with Crippen LogP contribution in [0.4, 0.5) is 5.69 Å². The van der Waals surface area contributed by atoms with E-state index in [9.17, 15) is 0 Å². The predicted octanol–water partition coefficient (Wildman–Crippen LogP) is 5.71. The van der Waals surface area contributed by atoms with Gasteiger partial charge in [-0.2, -0.15) is 0 Å². The summed E-state index contributed by atoms with van der Waals surface area (Å²) < 4.78 is 5.69. The average molecular weight is 313 g/mol. The molecule has 0 saturated heterocycles. The second-order valence-electron chi connectivity index (χ2n) is 5.82. The number of anilines is 1. The second kappa shape index (κ2) is 5.89. The molecule has 0 amide bonds. The van der Waals surface area contributed by atoms with E-state index in [1.807, 2.05) is 13.1 Å². The number of nitrogens with one attached hydrogen (secondary N) is 1. The molecule has 4 aromatic rings. The number of ether oxygens (including phenoxy) is 1. The van der Waals surface area contributed by atoms with E-state index in [2.05, 4.69) is 72.0 Å². The van der Waals surface area contributed by atoms with Crippen molar-refractivity contribution in [3.05, 3.63) is 72.8 Å². The van der Waals surface area contributed by atoms with Gasteiger partial charge in [0.15, 0.2) is 0 Å². The van der Waals surface area contributed by atoms with Crippen LogP contribution in [-0.2, 0) is 0 Å². The molecule has 0 aliphatic rings. The zero-order valence-electron chi connectivity index (χ0n) is 13.8. The first-order valence-electron chi connectivity index (χ1n) is 8.09. The number of hydrogen-bond acceptors (Lipinski definition) is 2. The SMILES string of the molecule is CNc1c(-c2c(OC)ccc3ccccc23)ccc2ccccc12. The lowest BCUT2D eigenvalue weighted by Gasteiger charge is -2.17. The second-order valence-corrected chi connectivity index (χ2v) is 5.82. The summed E-state index contributed by atoms with van der Waals surface area (Å²) in [6.07, 6.45) is 0. The van der Waals surface area contributed by atoms with Crippen molar-refractivity contribution in [2.45, 2.75) is 0 Å². The Morgan fingerprint density at radius 1 is 0.708 bits per heavy atom. The first-order chi connectivity index (χ1) is 11.8. The number of benzene rings is 4. The molecule has 2 heteroatoms. The van der Waals surface area contributed by atoms with Gasteiger partial charge in [0.2, 0.25) is 0 Å². The molecule has 0 aliphatic carbocycles. The fraction of sp³-hybridized carbons (Fsp3) is 0.0909. The maximum atomic E-state index is 5.69. The first-order valence-corrected chi connectivity index (χ1v) is 8.09. The van der Waals surface area contributed by atoms with Crippen LogP contribution in [0.5, 0.6) is 5.75 Å². The highest BCUT2D eigenvalue weighted by Gasteiger charge is 2.15. The summed E-state index contributed by atoms with van der Waals surface area (Å²) in [5, 5.41) is 8.25. The molecular weight excluding hydrogens is 294 g/mol. The molecule has 0 unspecified atom stereocenters. The van der Waals surface area contributed by atoms with E-state index in [1.165, 1.54) is 21.5 Å². The van der Waals surface area contributed by atoms with Gasteiger partial charge in [0.1, 0.15) is 5.75 Å². The molecule has 0 aromatic heterocycles. The molecule has 1 N–H and O–H groups in total. The summed E-state index contributed by atoms with van der Waals surface area (Å²) in [5.74, 6) is 0.889. The van der Waals surface area contributed by atoms with Crippen molar-refractivity contribution < 1.29 is 4.74 Å². The van der Waals surface area contributed by atoms with Gasteiger partial charge < -0.3 is 10.1 Å². The van der Waals surface area contributed by atoms with Crippen LogP contribution in [0, 0.1) is 0 Å². The van der Waals surface area contributed by atoms with Crippen molar-refractivity contribution in [2.24, 2.45) is 0 Å². The summed E-state index contributed by atoms with van der Waals surface area (Å²) in [6, 6.07) is 25.4. The van der Waals surface area contributed by atoms with Crippen LogP contribution in [0.25, 0.3) is 32.7 Å². The summed E-state index contributed by atoms with van der Waals surface area (Å²) in [7, 11) is 3.70. The molecular formula is C22H19NO. The Balaban J connectivity index is 2.13. The third-order valence-corrected chi connectivity index (χ3v) is 4.56. The zero-order chi connectivity index (χ0) is 16.5. The Morgan fingerprint density at radius 3 is 2.04 bits per heavy atom. The van der Waals surface area contributed by atoms with E-state index in [1.54, 1.807) is 7.11 Å². The van der Waals surface area contributed by atoms with Gasteiger partial charge in [0.05, 0.1) is 7.11 Å². The van der Waals surface area contributed by atoms with Crippen LogP contribution in [0.15, 0.2) is 72.8 Å². The molecule has 0 fully saturated rings. The summed E-state index contributed by atoms with van der Waals surface area (Å²) in [6.45, 7) is 0. The lowest BCUT2D eigenvalue weighted by Crippen LogP contribution is -1.96. The molecule has 0 radical (unpaired) electrons. The van der Waals surface area contributed by atoms with Crippen LogP contribution in [0.2, 0.25) is 0 Å². The minimum absolute atomic E-state index is 0.889. The number of hydrogen-bond donors (Lipinski definition) is 1. The van der Waals surface area contributed by atoms with E-state index in [-0.39, 0.29) is 0 Å². The van der Waals surface area contributed by atoms with Crippen LogP contribution in [0.3, 0.4) is 0 Å². The molecule has 0 heterocycles. The zero-order valence-corrected chi connectivity index (χ0v) is 13.8. The Kier molecular flexibility index (Phi) is 3.58. The van der Waals surface area contributed by atoms with Gasteiger partial charge in [0.25, 0.3) is 0 Å². The Morgan fingerprint density at radius 2 is 1.33 bits per heavy atom. The molecule has 24 heavy (non-hydrogen) atoms. The molecule has 0 spiro atoms. The quantitative estimate of drug-likeness (QED) is 0.523. The summed E-state index contributed by atoms with van der Waals surface area (Å²) in [4.78, 5) is 0. The van der Waals surface area contributed by atoms with Crippen molar-refractivity contribution >= 4 is 27.2 Å². The highest BCUT2D eigenvalue weighted by Crippen LogP contribution is 2.42. The molecule has 118 valence electrons. The van der Waals surface area contributed by atoms with Gasteiger partial charge in [-0.05, 0) is 22.2 Å². The summed E-state index contributed by atoms with van der Waals surface area (Å²) >= 11 is 0. The topological polar surface area (TPSA) is 21.3 Å². The van der Waals surface area contributed by atoms with Gasteiger partial charge in [-0.3, -0.25) is 0 Å². The average Bonchev–Trinajstić information content (AvgIpc) is 2.66. The Hall–Kier alpha value is -3.00. The lowest BCUT2D eigenvalue weighted by molar-refractivity contribution is 0.417. The Bertz CT molecular complexity index is 1040. The van der Waals surface area contributed by atoms with E-state index in [0.717, 1.165) is 22.6 Å². The molecule has 4 rings (SSSR count). The van der Waals surface area contributed by atoms with Crippen LogP contribution >= 0.6 is 0 Å². The number of rotatable bonds is 3. The molecule has 0 aliphatic heterocycles. The third-order valence-electron chi connectivity index (χ3n) is 4.56. The smallest absolute Gasteiger partial charge is 0.127 e. The van der Waals surface area contributed by atoms with Gasteiger partial charge >= 0.3 is 0 Å². The van der Waals surface area contributed by atoms with Crippen LogP contribution in [-0.4, -0.2) is 14.2 Å². The van der Waals surface area contributed by atoms with E-state index >= 15 is 0 Å². The van der Waals surface area contributed by atoms with Gasteiger partial charge in [-0.25, -0.2) is 0 Å². The third kappa shape index (κ3) is 2.19. The monoisotopic (exact) mass is 313 g/mol. The van der Waals surface area contributed by atoms with Gasteiger partial charge in [-0.15, -0.1) is 0 Å². The van der Waals surface area contributed by atoms with Gasteiger partial charge in [0, 0.05) is 29.2 Å². The molecule has 0 saturated carbocycles. The van der Waals surface area contributed by atoms with Crippen LogP contribution in [0.1, 0.15) is 0 Å². The van der Waals surface area contributed by atoms with Crippen LogP contribution < -0.4 is 10.1 Å². The van der Waals surface area contributed by atoms with E-state index in [0.29, 0.717) is 0 Å². The molecule has 0 bridgehead atoms.